The molecular weight excluding hydrogens is 424 g/mol. The van der Waals surface area contributed by atoms with Crippen LogP contribution in [0.15, 0.2) is 77.1 Å². The average Bonchev–Trinajstić information content (AvgIpc) is 3.25. The van der Waals surface area contributed by atoms with Crippen LogP contribution >= 0.6 is 11.3 Å². The fraction of sp³-hybridized carbons (Fsp3) is 0.0500. The Bertz CT molecular complexity index is 1270. The Morgan fingerprint density at radius 2 is 1.83 bits per heavy atom. The van der Waals surface area contributed by atoms with Crippen molar-refractivity contribution in [2.75, 3.05) is 16.6 Å². The monoisotopic (exact) mass is 440 g/mol. The highest BCUT2D eigenvalue weighted by Crippen LogP contribution is 2.20. The van der Waals surface area contributed by atoms with Crippen LogP contribution in [0.4, 0.5) is 10.8 Å². The van der Waals surface area contributed by atoms with Gasteiger partial charge in [-0.25, -0.2) is 18.4 Å². The topological polar surface area (TPSA) is 110 Å². The molecule has 0 aliphatic carbocycles. The summed E-state index contributed by atoms with van der Waals surface area (Å²) in [7, 11) is -3.74. The molecule has 8 nitrogen and oxygen atoms in total. The van der Waals surface area contributed by atoms with Gasteiger partial charge in [-0.1, -0.05) is 18.2 Å². The van der Waals surface area contributed by atoms with E-state index in [-0.39, 0.29) is 22.5 Å². The molecular formula is C20H16N4O4S2. The zero-order chi connectivity index (χ0) is 21.0. The van der Waals surface area contributed by atoms with Crippen molar-refractivity contribution in [1.82, 2.24) is 9.97 Å². The number of sulfonamides is 1. The number of nitrogens with zero attached hydrogens (tertiary/aromatic N) is 2. The van der Waals surface area contributed by atoms with E-state index in [9.17, 15) is 13.2 Å². The largest absolute Gasteiger partial charge is 0.468 e. The van der Waals surface area contributed by atoms with Gasteiger partial charge in [-0.2, -0.15) is 0 Å². The summed E-state index contributed by atoms with van der Waals surface area (Å²) in [6.45, 7) is -0.225. The molecule has 2 aromatic carbocycles. The van der Waals surface area contributed by atoms with Gasteiger partial charge < -0.3 is 10.1 Å². The maximum Gasteiger partial charge on any atom is 0.263 e. The SMILES string of the molecule is O=C(COc1ccc2ccccc2n1)Nc1ccc(S(=O)(=O)Nc2nccs2)cc1. The average molecular weight is 441 g/mol. The lowest BCUT2D eigenvalue weighted by Gasteiger charge is -2.09. The van der Waals surface area contributed by atoms with E-state index in [2.05, 4.69) is 20.0 Å². The quantitative estimate of drug-likeness (QED) is 0.455. The number of nitrogens with one attached hydrogen (secondary N) is 2. The summed E-state index contributed by atoms with van der Waals surface area (Å²) in [6.07, 6.45) is 1.51. The van der Waals surface area contributed by atoms with Crippen LogP contribution in [0.25, 0.3) is 10.9 Å². The summed E-state index contributed by atoms with van der Waals surface area (Å²) < 4.78 is 32.5. The van der Waals surface area contributed by atoms with Crippen LogP contribution in [-0.4, -0.2) is 30.9 Å². The van der Waals surface area contributed by atoms with Crippen molar-refractivity contribution < 1.29 is 17.9 Å². The van der Waals surface area contributed by atoms with Crippen LogP contribution < -0.4 is 14.8 Å². The molecule has 0 saturated carbocycles. The molecule has 0 bridgehead atoms. The van der Waals surface area contributed by atoms with Gasteiger partial charge in [0, 0.05) is 28.7 Å². The first kappa shape index (κ1) is 19.8. The fourth-order valence-corrected chi connectivity index (χ4v) is 4.42. The summed E-state index contributed by atoms with van der Waals surface area (Å²) in [5.74, 6) is -0.0416. The van der Waals surface area contributed by atoms with Crippen molar-refractivity contribution in [3.05, 3.63) is 72.2 Å². The number of amides is 1. The van der Waals surface area contributed by atoms with Crippen LogP contribution in [0.5, 0.6) is 5.88 Å². The smallest absolute Gasteiger partial charge is 0.263 e. The zero-order valence-corrected chi connectivity index (χ0v) is 17.1. The van der Waals surface area contributed by atoms with Crippen molar-refractivity contribution in [2.24, 2.45) is 0 Å². The number of hydrogen-bond acceptors (Lipinski definition) is 7. The second-order valence-electron chi connectivity index (χ2n) is 6.15. The molecule has 0 atom stereocenters. The standard InChI is InChI=1S/C20H16N4O4S2/c25-18(13-28-19-10-5-14-3-1-2-4-17(14)23-19)22-15-6-8-16(9-7-15)30(26,27)24-20-21-11-12-29-20/h1-12H,13H2,(H,21,24)(H,22,25). The van der Waals surface area contributed by atoms with Crippen LogP contribution in [0.1, 0.15) is 0 Å². The predicted octanol–water partition coefficient (Wildman–Crippen LogP) is 3.51. The van der Waals surface area contributed by atoms with Gasteiger partial charge >= 0.3 is 0 Å². The summed E-state index contributed by atoms with van der Waals surface area (Å²) >= 11 is 1.18. The Morgan fingerprint density at radius 3 is 2.60 bits per heavy atom. The first-order valence-electron chi connectivity index (χ1n) is 8.80. The van der Waals surface area contributed by atoms with Crippen molar-refractivity contribution in [2.45, 2.75) is 4.90 Å². The summed E-state index contributed by atoms with van der Waals surface area (Å²) in [6, 6.07) is 17.0. The first-order chi connectivity index (χ1) is 14.5. The van der Waals surface area contributed by atoms with Gasteiger partial charge in [-0.3, -0.25) is 9.52 Å². The second-order valence-corrected chi connectivity index (χ2v) is 8.72. The molecule has 0 radical (unpaired) electrons. The molecule has 0 saturated heterocycles. The molecule has 2 N–H and O–H groups in total. The van der Waals surface area contributed by atoms with Crippen LogP contribution in [0.2, 0.25) is 0 Å². The van der Waals surface area contributed by atoms with Gasteiger partial charge in [0.2, 0.25) is 5.88 Å². The van der Waals surface area contributed by atoms with Gasteiger partial charge in [-0.05, 0) is 36.4 Å². The highest BCUT2D eigenvalue weighted by Gasteiger charge is 2.15. The first-order valence-corrected chi connectivity index (χ1v) is 11.2. The van der Waals surface area contributed by atoms with Gasteiger partial charge in [0.25, 0.3) is 15.9 Å². The number of carbonyl (C=O) groups is 1. The molecule has 30 heavy (non-hydrogen) atoms. The van der Waals surface area contributed by atoms with Crippen LogP contribution in [0.3, 0.4) is 0 Å². The zero-order valence-electron chi connectivity index (χ0n) is 15.5. The molecule has 0 aliphatic heterocycles. The second kappa shape index (κ2) is 8.47. The number of pyridine rings is 1. The van der Waals surface area contributed by atoms with Crippen molar-refractivity contribution in [3.8, 4) is 5.88 Å². The van der Waals surface area contributed by atoms with Crippen molar-refractivity contribution in [3.63, 3.8) is 0 Å². The number of thiazole rings is 1. The van der Waals surface area contributed by atoms with E-state index in [0.717, 1.165) is 10.9 Å². The summed E-state index contributed by atoms with van der Waals surface area (Å²) in [4.78, 5) is 20.4. The molecule has 4 aromatic rings. The van der Waals surface area contributed by atoms with E-state index < -0.39 is 10.0 Å². The lowest BCUT2D eigenvalue weighted by atomic mass is 10.2. The van der Waals surface area contributed by atoms with Gasteiger partial charge in [-0.15, -0.1) is 11.3 Å². The van der Waals surface area contributed by atoms with Crippen molar-refractivity contribution in [1.29, 1.82) is 0 Å². The highest BCUT2D eigenvalue weighted by atomic mass is 32.2. The van der Waals surface area contributed by atoms with Crippen LogP contribution in [-0.2, 0) is 14.8 Å². The number of carbonyl (C=O) groups excluding carboxylic acids is 1. The number of anilines is 2. The third kappa shape index (κ3) is 4.73. The number of para-hydroxylation sites is 1. The number of rotatable bonds is 7. The lowest BCUT2D eigenvalue weighted by molar-refractivity contribution is -0.118. The summed E-state index contributed by atoms with van der Waals surface area (Å²) in [5, 5.41) is 5.59. The molecule has 152 valence electrons. The maximum absolute atomic E-state index is 12.3. The number of fused-ring (bicyclic) bond motifs is 1. The molecule has 2 aromatic heterocycles. The summed E-state index contributed by atoms with van der Waals surface area (Å²) in [5.41, 5.74) is 1.22. The maximum atomic E-state index is 12.3. The number of hydrogen-bond donors (Lipinski definition) is 2. The highest BCUT2D eigenvalue weighted by molar-refractivity contribution is 7.93. The minimum atomic E-state index is -3.74. The lowest BCUT2D eigenvalue weighted by Crippen LogP contribution is -2.20. The Balaban J connectivity index is 1.35. The van der Waals surface area contributed by atoms with E-state index in [1.165, 1.54) is 41.8 Å². The Morgan fingerprint density at radius 1 is 1.03 bits per heavy atom. The molecule has 0 aliphatic rings. The van der Waals surface area contributed by atoms with E-state index in [4.69, 9.17) is 4.74 Å². The number of ether oxygens (including phenoxy) is 1. The van der Waals surface area contributed by atoms with Crippen LogP contribution in [0, 0.1) is 0 Å². The molecule has 2 heterocycles. The minimum Gasteiger partial charge on any atom is -0.468 e. The fourth-order valence-electron chi connectivity index (χ4n) is 2.63. The molecule has 1 amide bonds. The third-order valence-electron chi connectivity index (χ3n) is 4.03. The van der Waals surface area contributed by atoms with Gasteiger partial charge in [0.15, 0.2) is 11.7 Å². The number of benzene rings is 2. The van der Waals surface area contributed by atoms with E-state index in [1.807, 2.05) is 30.3 Å². The molecule has 10 heteroatoms. The molecule has 4 rings (SSSR count). The van der Waals surface area contributed by atoms with Gasteiger partial charge in [0.05, 0.1) is 10.4 Å². The third-order valence-corrected chi connectivity index (χ3v) is 6.20. The molecule has 0 fully saturated rings. The Labute approximate surface area is 176 Å². The normalized spacial score (nSPS) is 11.2. The minimum absolute atomic E-state index is 0.0623. The van der Waals surface area contributed by atoms with E-state index >= 15 is 0 Å². The Hall–Kier alpha value is -3.50. The van der Waals surface area contributed by atoms with Gasteiger partial charge in [0.1, 0.15) is 0 Å². The van der Waals surface area contributed by atoms with Crippen molar-refractivity contribution >= 4 is 49.0 Å². The molecule has 0 spiro atoms. The Kier molecular flexibility index (Phi) is 5.59. The predicted molar refractivity (Wildman–Crippen MR) is 115 cm³/mol. The van der Waals surface area contributed by atoms with E-state index in [1.54, 1.807) is 11.4 Å². The number of aromatic nitrogens is 2. The molecule has 0 unspecified atom stereocenters. The van der Waals surface area contributed by atoms with E-state index in [0.29, 0.717) is 11.6 Å².